The van der Waals surface area contributed by atoms with Gasteiger partial charge >= 0.3 is 5.97 Å². The molecule has 0 radical (unpaired) electrons. The summed E-state index contributed by atoms with van der Waals surface area (Å²) in [4.78, 5) is 11.4. The number of aromatic nitrogens is 2. The van der Waals surface area contributed by atoms with Crippen molar-refractivity contribution in [3.05, 3.63) is 30.5 Å². The highest BCUT2D eigenvalue weighted by Crippen LogP contribution is 2.18. The molecule has 0 aliphatic carbocycles. The van der Waals surface area contributed by atoms with Crippen LogP contribution in [0.5, 0.6) is 0 Å². The molecule has 1 aromatic carbocycles. The summed E-state index contributed by atoms with van der Waals surface area (Å²) in [6.45, 7) is 3.64. The minimum Gasteiger partial charge on any atom is -0.461 e. The minimum atomic E-state index is -0.455. The van der Waals surface area contributed by atoms with Gasteiger partial charge in [-0.05, 0) is 13.8 Å². The van der Waals surface area contributed by atoms with Gasteiger partial charge in [0.25, 0.3) is 0 Å². The number of esters is 1. The predicted octanol–water partition coefficient (Wildman–Crippen LogP) is 1.98. The molecule has 0 bridgehead atoms. The van der Waals surface area contributed by atoms with Gasteiger partial charge < -0.3 is 4.74 Å². The van der Waals surface area contributed by atoms with E-state index in [1.807, 2.05) is 24.3 Å². The van der Waals surface area contributed by atoms with Gasteiger partial charge in [-0.25, -0.2) is 4.79 Å². The fraction of sp³-hybridized carbons (Fsp3) is 0.231. The van der Waals surface area contributed by atoms with Gasteiger partial charge in [-0.2, -0.15) is 10.2 Å². The maximum atomic E-state index is 11.4. The summed E-state index contributed by atoms with van der Waals surface area (Å²) in [6, 6.07) is 7.65. The van der Waals surface area contributed by atoms with Crippen LogP contribution in [-0.4, -0.2) is 28.5 Å². The average molecular weight is 258 g/mol. The maximum Gasteiger partial charge on any atom is 0.354 e. The number of hydrogen-bond donors (Lipinski definition) is 1. The van der Waals surface area contributed by atoms with Crippen LogP contribution in [-0.2, 0) is 9.53 Å². The quantitative estimate of drug-likeness (QED) is 0.515. The van der Waals surface area contributed by atoms with E-state index in [1.165, 1.54) is 0 Å². The first-order valence-electron chi connectivity index (χ1n) is 5.90. The number of hydrogen-bond acceptors (Lipinski definition) is 6. The molecule has 1 N–H and O–H groups in total. The van der Waals surface area contributed by atoms with Gasteiger partial charge in [-0.15, -0.1) is 5.10 Å². The molecule has 0 aliphatic rings. The number of fused-ring (bicyclic) bond motifs is 1. The summed E-state index contributed by atoms with van der Waals surface area (Å²) in [5.74, 6) is 0.0462. The molecule has 6 heteroatoms. The number of nitrogens with zero attached hydrogens (tertiary/aromatic N) is 3. The van der Waals surface area contributed by atoms with Crippen molar-refractivity contribution in [3.8, 4) is 0 Å². The molecule has 0 spiro atoms. The van der Waals surface area contributed by atoms with E-state index in [-0.39, 0.29) is 5.71 Å². The van der Waals surface area contributed by atoms with Crippen LogP contribution in [0.1, 0.15) is 13.8 Å². The van der Waals surface area contributed by atoms with Crippen LogP contribution in [0.25, 0.3) is 10.8 Å². The zero-order chi connectivity index (χ0) is 13.7. The van der Waals surface area contributed by atoms with Crippen molar-refractivity contribution in [3.63, 3.8) is 0 Å². The fourth-order valence-corrected chi connectivity index (χ4v) is 1.53. The molecule has 2 rings (SSSR count). The van der Waals surface area contributed by atoms with Crippen LogP contribution >= 0.6 is 0 Å². The highest BCUT2D eigenvalue weighted by molar-refractivity contribution is 6.35. The van der Waals surface area contributed by atoms with Crippen molar-refractivity contribution in [2.45, 2.75) is 13.8 Å². The summed E-state index contributed by atoms with van der Waals surface area (Å²) in [7, 11) is 0. The van der Waals surface area contributed by atoms with Crippen molar-refractivity contribution >= 4 is 28.3 Å². The highest BCUT2D eigenvalue weighted by Gasteiger charge is 2.07. The van der Waals surface area contributed by atoms with Gasteiger partial charge in [0.05, 0.1) is 12.8 Å². The van der Waals surface area contributed by atoms with Crippen molar-refractivity contribution in [1.29, 1.82) is 0 Å². The lowest BCUT2D eigenvalue weighted by Crippen LogP contribution is -2.15. The molecular formula is C13H14N4O2. The molecule has 0 atom stereocenters. The zero-order valence-corrected chi connectivity index (χ0v) is 10.8. The average Bonchev–Trinajstić information content (AvgIpc) is 2.45. The van der Waals surface area contributed by atoms with Gasteiger partial charge in [-0.3, -0.25) is 5.43 Å². The molecule has 2 aromatic rings. The number of benzene rings is 1. The number of rotatable bonds is 4. The second-order valence-corrected chi connectivity index (χ2v) is 3.81. The highest BCUT2D eigenvalue weighted by atomic mass is 16.5. The van der Waals surface area contributed by atoms with Gasteiger partial charge in [0.2, 0.25) is 0 Å². The lowest BCUT2D eigenvalue weighted by Gasteiger charge is -2.04. The molecule has 0 saturated heterocycles. The number of hydrazone groups is 1. The molecule has 1 aromatic heterocycles. The van der Waals surface area contributed by atoms with Crippen LogP contribution in [0.15, 0.2) is 35.6 Å². The lowest BCUT2D eigenvalue weighted by molar-refractivity contribution is -0.135. The number of nitrogens with one attached hydrogen (secondary N) is 1. The third-order valence-electron chi connectivity index (χ3n) is 2.47. The van der Waals surface area contributed by atoms with E-state index in [0.717, 1.165) is 10.8 Å². The molecule has 19 heavy (non-hydrogen) atoms. The Kier molecular flexibility index (Phi) is 4.02. The van der Waals surface area contributed by atoms with Crippen LogP contribution in [0.3, 0.4) is 0 Å². The fourth-order valence-electron chi connectivity index (χ4n) is 1.53. The lowest BCUT2D eigenvalue weighted by atomic mass is 10.2. The standard InChI is InChI=1S/C13H14N4O2/c1-3-19-13(18)9(2)15-17-12-11-7-5-4-6-10(11)8-14-16-12/h4-8H,3H2,1-2H3,(H,16,17)/b15-9-. The van der Waals surface area contributed by atoms with Gasteiger partial charge in [0, 0.05) is 10.8 Å². The summed E-state index contributed by atoms with van der Waals surface area (Å²) in [6.07, 6.45) is 1.67. The minimum absolute atomic E-state index is 0.233. The second kappa shape index (κ2) is 5.90. The van der Waals surface area contributed by atoms with Crippen LogP contribution < -0.4 is 5.43 Å². The van der Waals surface area contributed by atoms with Crippen molar-refractivity contribution in [2.75, 3.05) is 12.0 Å². The van der Waals surface area contributed by atoms with Gasteiger partial charge in [0.15, 0.2) is 5.82 Å². The number of ether oxygens (including phenoxy) is 1. The smallest absolute Gasteiger partial charge is 0.354 e. The maximum absolute atomic E-state index is 11.4. The van der Waals surface area contributed by atoms with E-state index >= 15 is 0 Å². The Morgan fingerprint density at radius 1 is 1.42 bits per heavy atom. The predicted molar refractivity (Wildman–Crippen MR) is 72.9 cm³/mol. The molecule has 6 nitrogen and oxygen atoms in total. The van der Waals surface area contributed by atoms with E-state index in [4.69, 9.17) is 4.74 Å². The number of anilines is 1. The molecule has 98 valence electrons. The third kappa shape index (κ3) is 3.04. The van der Waals surface area contributed by atoms with Crippen LogP contribution in [0.4, 0.5) is 5.82 Å². The Morgan fingerprint density at radius 3 is 3.00 bits per heavy atom. The number of carbonyl (C=O) groups is 1. The van der Waals surface area contributed by atoms with Gasteiger partial charge in [0.1, 0.15) is 5.71 Å². The largest absolute Gasteiger partial charge is 0.461 e. The van der Waals surface area contributed by atoms with Crippen molar-refractivity contribution in [2.24, 2.45) is 5.10 Å². The van der Waals surface area contributed by atoms with Crippen molar-refractivity contribution < 1.29 is 9.53 Å². The van der Waals surface area contributed by atoms with Crippen LogP contribution in [0, 0.1) is 0 Å². The summed E-state index contributed by atoms with van der Waals surface area (Å²) >= 11 is 0. The first-order valence-corrected chi connectivity index (χ1v) is 5.90. The summed E-state index contributed by atoms with van der Waals surface area (Å²) in [5.41, 5.74) is 2.97. The summed E-state index contributed by atoms with van der Waals surface area (Å²) < 4.78 is 4.83. The SMILES string of the molecule is CCOC(=O)/C(C)=N\Nc1nncc2ccccc12. The normalized spacial score (nSPS) is 11.4. The molecule has 0 aliphatic heterocycles. The van der Waals surface area contributed by atoms with E-state index < -0.39 is 5.97 Å². The molecular weight excluding hydrogens is 244 g/mol. The Morgan fingerprint density at radius 2 is 2.21 bits per heavy atom. The Hall–Kier alpha value is -2.50. The second-order valence-electron chi connectivity index (χ2n) is 3.81. The monoisotopic (exact) mass is 258 g/mol. The first kappa shape index (κ1) is 12.9. The molecule has 0 amide bonds. The summed E-state index contributed by atoms with van der Waals surface area (Å²) in [5, 5.41) is 13.6. The molecule has 0 fully saturated rings. The van der Waals surface area contributed by atoms with Crippen molar-refractivity contribution in [1.82, 2.24) is 10.2 Å². The molecule has 1 heterocycles. The molecule has 0 saturated carbocycles. The van der Waals surface area contributed by atoms with Gasteiger partial charge in [-0.1, -0.05) is 24.3 Å². The van der Waals surface area contributed by atoms with E-state index in [2.05, 4.69) is 20.7 Å². The molecule has 0 unspecified atom stereocenters. The Balaban J connectivity index is 2.22. The first-order chi connectivity index (χ1) is 9.22. The Bertz CT molecular complexity index is 620. The van der Waals surface area contributed by atoms with Crippen LogP contribution in [0.2, 0.25) is 0 Å². The third-order valence-corrected chi connectivity index (χ3v) is 2.47. The zero-order valence-electron chi connectivity index (χ0n) is 10.8. The number of carbonyl (C=O) groups excluding carboxylic acids is 1. The van der Waals surface area contributed by atoms with E-state index in [9.17, 15) is 4.79 Å². The van der Waals surface area contributed by atoms with E-state index in [1.54, 1.807) is 20.0 Å². The van der Waals surface area contributed by atoms with E-state index in [0.29, 0.717) is 12.4 Å². The topological polar surface area (TPSA) is 76.5 Å². The Labute approximate surface area is 110 Å².